The van der Waals surface area contributed by atoms with E-state index in [1.165, 1.54) is 14.0 Å². The van der Waals surface area contributed by atoms with Crippen LogP contribution in [0.2, 0.25) is 0 Å². The maximum absolute atomic E-state index is 13.4. The largest absolute Gasteiger partial charge is 0.462 e. The fraction of sp³-hybridized carbons (Fsp3) is 0.929. The summed E-state index contributed by atoms with van der Waals surface area (Å²) >= 11 is 0. The predicted octanol–water partition coefficient (Wildman–Crippen LogP) is 0.801. The Labute approximate surface area is 231 Å². The van der Waals surface area contributed by atoms with Crippen molar-refractivity contribution in [3.63, 3.8) is 0 Å². The van der Waals surface area contributed by atoms with Crippen molar-refractivity contribution in [3.05, 3.63) is 0 Å². The van der Waals surface area contributed by atoms with E-state index in [-0.39, 0.29) is 12.2 Å². The van der Waals surface area contributed by atoms with Gasteiger partial charge in [-0.15, -0.1) is 0 Å². The van der Waals surface area contributed by atoms with Gasteiger partial charge in [-0.3, -0.25) is 9.59 Å². The summed E-state index contributed by atoms with van der Waals surface area (Å²) in [6.45, 7) is 12.9. The molecule has 0 radical (unpaired) electrons. The molecule has 228 valence electrons. The van der Waals surface area contributed by atoms with Gasteiger partial charge < -0.3 is 44.5 Å². The number of aliphatic hydroxyl groups excluding tert-OH is 4. The molecule has 2 saturated heterocycles. The number of methoxy groups -OCH3 is 1. The third kappa shape index (κ3) is 7.37. The van der Waals surface area contributed by atoms with Crippen LogP contribution in [-0.4, -0.2) is 105 Å². The Morgan fingerprint density at radius 1 is 0.897 bits per heavy atom. The van der Waals surface area contributed by atoms with Crippen LogP contribution in [0.4, 0.5) is 0 Å². The highest BCUT2D eigenvalue weighted by atomic mass is 16.7. The van der Waals surface area contributed by atoms with E-state index in [2.05, 4.69) is 0 Å². The fourth-order valence-corrected chi connectivity index (χ4v) is 6.05. The lowest BCUT2D eigenvalue weighted by Gasteiger charge is -2.45. The molecule has 0 bridgehead atoms. The Morgan fingerprint density at radius 3 is 2.03 bits per heavy atom. The van der Waals surface area contributed by atoms with Crippen molar-refractivity contribution < 1.29 is 54.1 Å². The van der Waals surface area contributed by atoms with Gasteiger partial charge in [-0.25, -0.2) is 0 Å². The maximum Gasteiger partial charge on any atom is 0.311 e. The van der Waals surface area contributed by atoms with Crippen LogP contribution in [0.25, 0.3) is 0 Å². The Bertz CT molecular complexity index is 819. The van der Waals surface area contributed by atoms with Crippen LogP contribution < -0.4 is 0 Å². The molecule has 2 aliphatic heterocycles. The number of cyclic esters (lactones) is 1. The Morgan fingerprint density at radius 2 is 1.49 bits per heavy atom. The molecule has 2 fully saturated rings. The van der Waals surface area contributed by atoms with E-state index in [1.807, 2.05) is 6.92 Å². The van der Waals surface area contributed by atoms with E-state index in [0.29, 0.717) is 6.42 Å². The number of carbonyl (C=O) groups is 2. The van der Waals surface area contributed by atoms with E-state index >= 15 is 0 Å². The first-order chi connectivity index (χ1) is 18.0. The van der Waals surface area contributed by atoms with Gasteiger partial charge in [-0.05, 0) is 33.6 Å². The average molecular weight is 563 g/mol. The highest BCUT2D eigenvalue weighted by Crippen LogP contribution is 2.36. The Balaban J connectivity index is 2.53. The predicted molar refractivity (Wildman–Crippen MR) is 140 cm³/mol. The maximum atomic E-state index is 13.4. The van der Waals surface area contributed by atoms with E-state index in [0.717, 1.165) is 0 Å². The molecule has 5 N–H and O–H groups in total. The lowest BCUT2D eigenvalue weighted by Crippen LogP contribution is -2.60. The van der Waals surface area contributed by atoms with Crippen LogP contribution in [0.1, 0.15) is 68.2 Å². The molecule has 0 aromatic carbocycles. The Hall–Kier alpha value is -1.18. The summed E-state index contributed by atoms with van der Waals surface area (Å²) in [5.41, 5.74) is -1.76. The van der Waals surface area contributed by atoms with Gasteiger partial charge in [0.1, 0.15) is 30.2 Å². The van der Waals surface area contributed by atoms with Gasteiger partial charge >= 0.3 is 5.97 Å². The monoisotopic (exact) mass is 562 g/mol. The highest BCUT2D eigenvalue weighted by Gasteiger charge is 2.49. The number of ether oxygens (including phenoxy) is 4. The van der Waals surface area contributed by atoms with Crippen molar-refractivity contribution in [2.24, 2.45) is 29.6 Å². The number of esters is 1. The third-order valence-electron chi connectivity index (χ3n) is 8.83. The van der Waals surface area contributed by atoms with Crippen LogP contribution in [0.15, 0.2) is 0 Å². The zero-order chi connectivity index (χ0) is 30.0. The van der Waals surface area contributed by atoms with Gasteiger partial charge in [0.25, 0.3) is 0 Å². The molecular formula is C28H50O11. The smallest absolute Gasteiger partial charge is 0.311 e. The normalized spacial score (nSPS) is 49.3. The summed E-state index contributed by atoms with van der Waals surface area (Å²) in [6, 6.07) is 0. The second kappa shape index (κ2) is 13.7. The molecule has 11 heteroatoms. The summed E-state index contributed by atoms with van der Waals surface area (Å²) in [7, 11) is 1.32. The van der Waals surface area contributed by atoms with Gasteiger partial charge in [0.15, 0.2) is 6.29 Å². The first-order valence-corrected chi connectivity index (χ1v) is 14.0. The van der Waals surface area contributed by atoms with Crippen molar-refractivity contribution in [1.29, 1.82) is 0 Å². The lowest BCUT2D eigenvalue weighted by atomic mass is 9.75. The van der Waals surface area contributed by atoms with Crippen molar-refractivity contribution in [2.75, 3.05) is 7.11 Å². The van der Waals surface area contributed by atoms with Crippen LogP contribution in [0.5, 0.6) is 0 Å². The summed E-state index contributed by atoms with van der Waals surface area (Å²) < 4.78 is 23.2. The molecule has 2 aliphatic rings. The molecule has 2 heterocycles. The van der Waals surface area contributed by atoms with Crippen molar-refractivity contribution in [2.45, 2.75) is 129 Å². The Kier molecular flexibility index (Phi) is 11.9. The molecule has 0 aromatic heterocycles. The van der Waals surface area contributed by atoms with E-state index < -0.39 is 96.3 Å². The number of carbonyl (C=O) groups excluding carboxylic acids is 2. The minimum atomic E-state index is -1.76. The molecule has 0 unspecified atom stereocenters. The summed E-state index contributed by atoms with van der Waals surface area (Å²) in [6.07, 6.45) is -9.73. The summed E-state index contributed by atoms with van der Waals surface area (Å²) in [5.74, 6) is -4.81. The number of aliphatic hydroxyl groups is 5. The zero-order valence-corrected chi connectivity index (χ0v) is 24.7. The van der Waals surface area contributed by atoms with Crippen LogP contribution in [0.3, 0.4) is 0 Å². The minimum Gasteiger partial charge on any atom is -0.462 e. The van der Waals surface area contributed by atoms with Crippen LogP contribution in [0, 0.1) is 29.6 Å². The first-order valence-electron chi connectivity index (χ1n) is 14.0. The lowest BCUT2D eigenvalue weighted by molar-refractivity contribution is -0.319. The number of rotatable bonds is 4. The molecule has 39 heavy (non-hydrogen) atoms. The average Bonchev–Trinajstić information content (AvgIpc) is 2.89. The van der Waals surface area contributed by atoms with Crippen molar-refractivity contribution >= 4 is 11.8 Å². The molecular weight excluding hydrogens is 512 g/mol. The van der Waals surface area contributed by atoms with E-state index in [4.69, 9.17) is 18.9 Å². The van der Waals surface area contributed by atoms with Crippen LogP contribution >= 0.6 is 0 Å². The number of hydrogen-bond donors (Lipinski definition) is 5. The highest BCUT2D eigenvalue weighted by molar-refractivity contribution is 5.83. The number of hydrogen-bond acceptors (Lipinski definition) is 11. The molecule has 0 aromatic rings. The van der Waals surface area contributed by atoms with Gasteiger partial charge in [0.05, 0.1) is 35.9 Å². The molecule has 11 nitrogen and oxygen atoms in total. The quantitative estimate of drug-likeness (QED) is 0.307. The van der Waals surface area contributed by atoms with Gasteiger partial charge in [-0.1, -0.05) is 34.6 Å². The standard InChI is InChI=1S/C28H50O11/c1-10-18-13(3)20(30)14(4)19(29)12(2)11-28(8,35)25(33)15(5)23(16(6)26(34)38-18)39-27-24(36-9)22(32)21(31)17(7)37-27/h12-18,20-25,27,30-33,35H,10-11H2,1-9H3/t12-,13+,14+,15+,16-,17-,18-,20+,21-,22+,23+,24+,25-,27-,28-/m1/s1. The second-order valence-corrected chi connectivity index (χ2v) is 12.0. The van der Waals surface area contributed by atoms with Gasteiger partial charge in [0, 0.05) is 30.8 Å². The zero-order valence-electron chi connectivity index (χ0n) is 24.7. The van der Waals surface area contributed by atoms with E-state index in [1.54, 1.807) is 41.5 Å². The summed E-state index contributed by atoms with van der Waals surface area (Å²) in [4.78, 5) is 26.6. The molecule has 0 saturated carbocycles. The first kappa shape index (κ1) is 34.0. The number of Topliss-reactive ketones (excluding diaryl/α,β-unsaturated/α-hetero) is 1. The second-order valence-electron chi connectivity index (χ2n) is 12.0. The topological polar surface area (TPSA) is 172 Å². The molecule has 0 spiro atoms. The van der Waals surface area contributed by atoms with Crippen molar-refractivity contribution in [1.82, 2.24) is 0 Å². The minimum absolute atomic E-state index is 0.0892. The number of ketones is 1. The molecule has 0 aliphatic carbocycles. The van der Waals surface area contributed by atoms with Gasteiger partial charge in [-0.2, -0.15) is 0 Å². The fourth-order valence-electron chi connectivity index (χ4n) is 6.05. The SMILES string of the molecule is CC[C@H]1OC(=O)[C@H](C)[C@@H](O[C@H]2O[C@H](C)[C@@H](O)[C@H](O)[C@@H]2OC)[C@H](C)[C@@H](O)[C@](C)(O)C[C@@H](C)C(=O)[C@H](C)[C@@H](O)[C@H]1C. The van der Waals surface area contributed by atoms with E-state index in [9.17, 15) is 35.1 Å². The molecule has 0 amide bonds. The molecule has 15 atom stereocenters. The molecule has 2 rings (SSSR count). The summed E-state index contributed by atoms with van der Waals surface area (Å²) in [5, 5.41) is 54.5. The van der Waals surface area contributed by atoms with Gasteiger partial charge in [0.2, 0.25) is 0 Å². The third-order valence-corrected chi connectivity index (χ3v) is 8.83. The van der Waals surface area contributed by atoms with Crippen LogP contribution in [-0.2, 0) is 28.5 Å². The van der Waals surface area contributed by atoms with Crippen molar-refractivity contribution in [3.8, 4) is 0 Å².